The Bertz CT molecular complexity index is 942. The summed E-state index contributed by atoms with van der Waals surface area (Å²) in [5.41, 5.74) is 2.53. The molecule has 3 atom stereocenters. The molecule has 4 rings (SSSR count). The Kier molecular flexibility index (Phi) is 7.79. The highest BCUT2D eigenvalue weighted by atomic mass is 16.5. The zero-order valence-corrected chi connectivity index (χ0v) is 20.8. The first kappa shape index (κ1) is 24.6. The molecule has 1 aliphatic heterocycles. The van der Waals surface area contributed by atoms with Gasteiger partial charge in [0, 0.05) is 43.0 Å². The predicted octanol–water partition coefficient (Wildman–Crippen LogP) is 4.85. The number of nitrogens with one attached hydrogen (secondary N) is 1. The molecule has 34 heavy (non-hydrogen) atoms. The Morgan fingerprint density at radius 1 is 1.09 bits per heavy atom. The summed E-state index contributed by atoms with van der Waals surface area (Å²) in [6.07, 6.45) is 4.79. The first-order chi connectivity index (χ1) is 16.5. The number of aliphatic hydroxyl groups is 1. The van der Waals surface area contributed by atoms with E-state index >= 15 is 0 Å². The van der Waals surface area contributed by atoms with Gasteiger partial charge >= 0.3 is 0 Å². The normalized spacial score (nSPS) is 24.8. The number of piperidine rings is 1. The van der Waals surface area contributed by atoms with Gasteiger partial charge in [0.1, 0.15) is 5.75 Å². The Labute approximate surface area is 203 Å². The van der Waals surface area contributed by atoms with Gasteiger partial charge in [0.25, 0.3) is 0 Å². The molecule has 2 aromatic carbocycles. The molecular formula is C28H39N3O3. The lowest BCUT2D eigenvalue weighted by atomic mass is 9.66. The van der Waals surface area contributed by atoms with Crippen LogP contribution in [-0.4, -0.2) is 54.8 Å². The summed E-state index contributed by atoms with van der Waals surface area (Å²) in [6.45, 7) is 7.30. The Hall–Kier alpha value is -2.57. The van der Waals surface area contributed by atoms with Gasteiger partial charge in [-0.3, -0.25) is 9.69 Å². The highest BCUT2D eigenvalue weighted by molar-refractivity contribution is 5.92. The van der Waals surface area contributed by atoms with Crippen molar-refractivity contribution >= 4 is 17.3 Å². The van der Waals surface area contributed by atoms with E-state index in [4.69, 9.17) is 4.74 Å². The maximum atomic E-state index is 13.0. The molecule has 1 saturated carbocycles. The van der Waals surface area contributed by atoms with E-state index < -0.39 is 5.60 Å². The SMILES string of the molecule is CCN(CC)c1ccc([C@@H]2[C@@H]3CCCC[C@]3(O)CCN2CC(=O)Nc2ccc(OC)cc2)cc1. The van der Waals surface area contributed by atoms with Crippen molar-refractivity contribution in [1.29, 1.82) is 0 Å². The van der Waals surface area contributed by atoms with E-state index in [1.807, 2.05) is 24.3 Å². The minimum Gasteiger partial charge on any atom is -0.497 e. The van der Waals surface area contributed by atoms with Crippen LogP contribution in [0.25, 0.3) is 0 Å². The molecule has 0 spiro atoms. The van der Waals surface area contributed by atoms with Crippen LogP contribution in [0.4, 0.5) is 11.4 Å². The quantitative estimate of drug-likeness (QED) is 0.584. The molecular weight excluding hydrogens is 426 g/mol. The van der Waals surface area contributed by atoms with E-state index in [9.17, 15) is 9.90 Å². The second-order valence-corrected chi connectivity index (χ2v) is 9.66. The third-order valence-corrected chi connectivity index (χ3v) is 7.76. The average molecular weight is 466 g/mol. The standard InChI is InChI=1S/C28H39N3O3/c1-4-30(5-2)23-13-9-21(10-14-23)27-25-8-6-7-17-28(25,33)18-19-31(27)20-26(32)29-22-11-15-24(34-3)16-12-22/h9-16,25,27,33H,4-8,17-20H2,1-3H3,(H,29,32)/t25-,27+,28-/m0/s1. The van der Waals surface area contributed by atoms with Crippen LogP contribution in [-0.2, 0) is 4.79 Å². The molecule has 6 heteroatoms. The van der Waals surface area contributed by atoms with Crippen molar-refractivity contribution in [3.63, 3.8) is 0 Å². The van der Waals surface area contributed by atoms with Crippen molar-refractivity contribution in [1.82, 2.24) is 4.90 Å². The van der Waals surface area contributed by atoms with E-state index in [0.29, 0.717) is 13.1 Å². The fourth-order valence-electron chi connectivity index (χ4n) is 5.89. The number of nitrogens with zero attached hydrogens (tertiary/aromatic N) is 2. The van der Waals surface area contributed by atoms with Gasteiger partial charge in [0.15, 0.2) is 0 Å². The van der Waals surface area contributed by atoms with Crippen molar-refractivity contribution in [2.75, 3.05) is 43.5 Å². The van der Waals surface area contributed by atoms with E-state index in [2.05, 4.69) is 53.2 Å². The summed E-state index contributed by atoms with van der Waals surface area (Å²) in [6, 6.07) is 16.2. The smallest absolute Gasteiger partial charge is 0.238 e. The number of amides is 1. The van der Waals surface area contributed by atoms with Crippen LogP contribution >= 0.6 is 0 Å². The lowest BCUT2D eigenvalue weighted by Gasteiger charge is -2.52. The molecule has 0 unspecified atom stereocenters. The fraction of sp³-hybridized carbons (Fsp3) is 0.536. The van der Waals surface area contributed by atoms with Gasteiger partial charge < -0.3 is 20.1 Å². The van der Waals surface area contributed by atoms with Crippen molar-refractivity contribution in [3.05, 3.63) is 54.1 Å². The van der Waals surface area contributed by atoms with Crippen LogP contribution in [0.15, 0.2) is 48.5 Å². The highest BCUT2D eigenvalue weighted by Gasteiger charge is 2.49. The second kappa shape index (κ2) is 10.8. The number of likely N-dealkylation sites (tertiary alicyclic amines) is 1. The van der Waals surface area contributed by atoms with Crippen LogP contribution < -0.4 is 15.0 Å². The number of methoxy groups -OCH3 is 1. The molecule has 2 aliphatic rings. The summed E-state index contributed by atoms with van der Waals surface area (Å²) in [5, 5.41) is 14.6. The van der Waals surface area contributed by atoms with Crippen LogP contribution in [0.3, 0.4) is 0 Å². The fourth-order valence-corrected chi connectivity index (χ4v) is 5.89. The number of hydrogen-bond donors (Lipinski definition) is 2. The molecule has 1 heterocycles. The number of carbonyl (C=O) groups excluding carboxylic acids is 1. The number of anilines is 2. The molecule has 184 valence electrons. The van der Waals surface area contributed by atoms with E-state index in [1.165, 1.54) is 11.3 Å². The summed E-state index contributed by atoms with van der Waals surface area (Å²) in [7, 11) is 1.63. The maximum absolute atomic E-state index is 13.0. The van der Waals surface area contributed by atoms with Gasteiger partial charge in [0.05, 0.1) is 19.3 Å². The van der Waals surface area contributed by atoms with Gasteiger partial charge in [0.2, 0.25) is 5.91 Å². The van der Waals surface area contributed by atoms with Crippen LogP contribution in [0.1, 0.15) is 57.6 Å². The highest BCUT2D eigenvalue weighted by Crippen LogP contribution is 2.49. The zero-order chi connectivity index (χ0) is 24.1. The minimum atomic E-state index is -0.635. The van der Waals surface area contributed by atoms with Crippen LogP contribution in [0.5, 0.6) is 5.75 Å². The number of carbonyl (C=O) groups is 1. The topological polar surface area (TPSA) is 65.0 Å². The van der Waals surface area contributed by atoms with E-state index in [-0.39, 0.29) is 17.9 Å². The second-order valence-electron chi connectivity index (χ2n) is 9.66. The third-order valence-electron chi connectivity index (χ3n) is 7.76. The molecule has 0 radical (unpaired) electrons. The summed E-state index contributed by atoms with van der Waals surface area (Å²) < 4.78 is 5.21. The summed E-state index contributed by atoms with van der Waals surface area (Å²) in [5.74, 6) is 0.873. The molecule has 2 N–H and O–H groups in total. The molecule has 0 bridgehead atoms. The van der Waals surface area contributed by atoms with Gasteiger partial charge in [-0.25, -0.2) is 0 Å². The number of ether oxygens (including phenoxy) is 1. The Balaban J connectivity index is 1.55. The van der Waals surface area contributed by atoms with Gasteiger partial charge in [-0.2, -0.15) is 0 Å². The summed E-state index contributed by atoms with van der Waals surface area (Å²) >= 11 is 0. The number of hydrogen-bond acceptors (Lipinski definition) is 5. The van der Waals surface area contributed by atoms with Crippen molar-refractivity contribution < 1.29 is 14.6 Å². The first-order valence-electron chi connectivity index (χ1n) is 12.7. The third kappa shape index (κ3) is 5.23. The summed E-state index contributed by atoms with van der Waals surface area (Å²) in [4.78, 5) is 17.6. The Morgan fingerprint density at radius 3 is 2.44 bits per heavy atom. The first-order valence-corrected chi connectivity index (χ1v) is 12.7. The molecule has 1 saturated heterocycles. The number of rotatable bonds is 8. The predicted molar refractivity (Wildman–Crippen MR) is 137 cm³/mol. The lowest BCUT2D eigenvalue weighted by Crippen LogP contribution is -2.56. The van der Waals surface area contributed by atoms with Gasteiger partial charge in [-0.15, -0.1) is 0 Å². The maximum Gasteiger partial charge on any atom is 0.238 e. The molecule has 2 aromatic rings. The molecule has 0 aromatic heterocycles. The number of benzene rings is 2. The van der Waals surface area contributed by atoms with Crippen LogP contribution in [0.2, 0.25) is 0 Å². The van der Waals surface area contributed by atoms with Crippen LogP contribution in [0, 0.1) is 5.92 Å². The molecule has 1 amide bonds. The van der Waals surface area contributed by atoms with Gasteiger partial charge in [-0.1, -0.05) is 25.0 Å². The van der Waals surface area contributed by atoms with Gasteiger partial charge in [-0.05, 0) is 75.1 Å². The molecule has 6 nitrogen and oxygen atoms in total. The van der Waals surface area contributed by atoms with Crippen molar-refractivity contribution in [3.8, 4) is 5.75 Å². The largest absolute Gasteiger partial charge is 0.497 e. The molecule has 2 fully saturated rings. The monoisotopic (exact) mass is 465 g/mol. The van der Waals surface area contributed by atoms with E-state index in [0.717, 1.165) is 56.6 Å². The van der Waals surface area contributed by atoms with Crippen molar-refractivity contribution in [2.45, 2.75) is 57.6 Å². The lowest BCUT2D eigenvalue weighted by molar-refractivity contribution is -0.135. The Morgan fingerprint density at radius 2 is 1.79 bits per heavy atom. The number of fused-ring (bicyclic) bond motifs is 1. The van der Waals surface area contributed by atoms with E-state index in [1.54, 1.807) is 7.11 Å². The minimum absolute atomic E-state index is 0.0313. The van der Waals surface area contributed by atoms with Crippen molar-refractivity contribution in [2.24, 2.45) is 5.92 Å². The molecule has 1 aliphatic carbocycles. The zero-order valence-electron chi connectivity index (χ0n) is 20.8. The average Bonchev–Trinajstić information content (AvgIpc) is 2.86.